The van der Waals surface area contributed by atoms with Gasteiger partial charge in [0.05, 0.1) is 37.7 Å². The van der Waals surface area contributed by atoms with E-state index in [1.54, 1.807) is 54.7 Å². The van der Waals surface area contributed by atoms with E-state index in [0.717, 1.165) is 17.7 Å². The average molecular weight is 558 g/mol. The first-order valence-electron chi connectivity index (χ1n) is 12.9. The van der Waals surface area contributed by atoms with Crippen molar-refractivity contribution in [1.29, 1.82) is 0 Å². The molecule has 0 radical (unpaired) electrons. The van der Waals surface area contributed by atoms with Crippen LogP contribution in [0.25, 0.3) is 0 Å². The lowest BCUT2D eigenvalue weighted by molar-refractivity contribution is -0.138. The predicted molar refractivity (Wildman–Crippen MR) is 154 cm³/mol. The first-order chi connectivity index (χ1) is 20.0. The highest BCUT2D eigenvalue weighted by Gasteiger charge is 2.09. The van der Waals surface area contributed by atoms with Crippen LogP contribution in [0.5, 0.6) is 17.2 Å². The van der Waals surface area contributed by atoms with Gasteiger partial charge >= 0.3 is 17.9 Å². The summed E-state index contributed by atoms with van der Waals surface area (Å²) >= 11 is 0. The summed E-state index contributed by atoms with van der Waals surface area (Å²) in [5.74, 6) is 0.272. The molecular formula is C32H31NO8. The van der Waals surface area contributed by atoms with Gasteiger partial charge in [-0.05, 0) is 78.4 Å². The van der Waals surface area contributed by atoms with Crippen LogP contribution in [-0.2, 0) is 19.1 Å². The van der Waals surface area contributed by atoms with Crippen LogP contribution in [-0.4, -0.2) is 50.6 Å². The predicted octanol–water partition coefficient (Wildman–Crippen LogP) is 5.65. The fourth-order valence-electron chi connectivity index (χ4n) is 3.21. The number of benzene rings is 3. The first-order valence-corrected chi connectivity index (χ1v) is 12.9. The summed E-state index contributed by atoms with van der Waals surface area (Å²) in [6.45, 7) is 7.97. The Kier molecular flexibility index (Phi) is 12.4. The van der Waals surface area contributed by atoms with E-state index in [9.17, 15) is 14.4 Å². The lowest BCUT2D eigenvalue weighted by atomic mass is 10.2. The van der Waals surface area contributed by atoms with Crippen LogP contribution >= 0.6 is 0 Å². The highest BCUT2D eigenvalue weighted by molar-refractivity contribution is 5.91. The van der Waals surface area contributed by atoms with Crippen molar-refractivity contribution in [3.8, 4) is 17.2 Å². The molecule has 0 saturated carbocycles. The zero-order valence-corrected chi connectivity index (χ0v) is 22.5. The van der Waals surface area contributed by atoms with Gasteiger partial charge in [-0.1, -0.05) is 13.2 Å². The van der Waals surface area contributed by atoms with Gasteiger partial charge < -0.3 is 23.7 Å². The molecule has 0 aliphatic rings. The minimum Gasteiger partial charge on any atom is -0.493 e. The maximum absolute atomic E-state index is 12.5. The summed E-state index contributed by atoms with van der Waals surface area (Å²) < 4.78 is 26.4. The number of esters is 3. The summed E-state index contributed by atoms with van der Waals surface area (Å²) in [5.41, 5.74) is 1.96. The van der Waals surface area contributed by atoms with E-state index in [2.05, 4.69) is 18.2 Å². The van der Waals surface area contributed by atoms with Gasteiger partial charge in [-0.3, -0.25) is 4.99 Å². The summed E-state index contributed by atoms with van der Waals surface area (Å²) in [5, 5.41) is 0. The molecule has 9 nitrogen and oxygen atoms in total. The highest BCUT2D eigenvalue weighted by Crippen LogP contribution is 2.20. The quantitative estimate of drug-likeness (QED) is 0.0730. The van der Waals surface area contributed by atoms with Crippen LogP contribution in [0.4, 0.5) is 5.69 Å². The molecule has 0 spiro atoms. The second kappa shape index (κ2) is 16.7. The van der Waals surface area contributed by atoms with Crippen molar-refractivity contribution in [2.45, 2.75) is 12.8 Å². The molecule has 212 valence electrons. The number of aliphatic imine (C=N–C) groups is 1. The van der Waals surface area contributed by atoms with Gasteiger partial charge in [0, 0.05) is 31.2 Å². The molecule has 0 bridgehead atoms. The molecule has 3 aromatic rings. The molecule has 41 heavy (non-hydrogen) atoms. The summed E-state index contributed by atoms with van der Waals surface area (Å²) in [7, 11) is 0. The fourth-order valence-corrected chi connectivity index (χ4v) is 3.21. The Labute approximate surface area is 238 Å². The smallest absolute Gasteiger partial charge is 0.343 e. The number of carbonyl (C=O) groups is 3. The van der Waals surface area contributed by atoms with E-state index in [4.69, 9.17) is 23.7 Å². The largest absolute Gasteiger partial charge is 0.493 e. The average Bonchev–Trinajstić information content (AvgIpc) is 3.01. The summed E-state index contributed by atoms with van der Waals surface area (Å²) in [6.07, 6.45) is 5.07. The van der Waals surface area contributed by atoms with Crippen LogP contribution in [0.15, 0.2) is 103 Å². The van der Waals surface area contributed by atoms with E-state index in [0.29, 0.717) is 54.6 Å². The molecule has 0 aromatic heterocycles. The molecule has 3 rings (SSSR count). The Bertz CT molecular complexity index is 1330. The van der Waals surface area contributed by atoms with Gasteiger partial charge in [-0.15, -0.1) is 0 Å². The molecule has 9 heteroatoms. The Morgan fingerprint density at radius 1 is 0.634 bits per heavy atom. The third-order valence-corrected chi connectivity index (χ3v) is 5.32. The molecule has 0 fully saturated rings. The van der Waals surface area contributed by atoms with E-state index >= 15 is 0 Å². The van der Waals surface area contributed by atoms with E-state index in [1.807, 2.05) is 24.3 Å². The third-order valence-electron chi connectivity index (χ3n) is 5.32. The van der Waals surface area contributed by atoms with Crippen LogP contribution in [0.1, 0.15) is 28.8 Å². The van der Waals surface area contributed by atoms with Crippen LogP contribution in [0.3, 0.4) is 0 Å². The lowest BCUT2D eigenvalue weighted by Gasteiger charge is -2.08. The first kappa shape index (κ1) is 30.4. The van der Waals surface area contributed by atoms with E-state index in [1.165, 1.54) is 0 Å². The molecule has 0 heterocycles. The van der Waals surface area contributed by atoms with Crippen LogP contribution < -0.4 is 14.2 Å². The number of hydrogen-bond acceptors (Lipinski definition) is 9. The van der Waals surface area contributed by atoms with Gasteiger partial charge in [0.25, 0.3) is 0 Å². The zero-order chi connectivity index (χ0) is 29.3. The van der Waals surface area contributed by atoms with Gasteiger partial charge in [0.1, 0.15) is 17.2 Å². The van der Waals surface area contributed by atoms with Crippen molar-refractivity contribution >= 4 is 29.8 Å². The van der Waals surface area contributed by atoms with Crippen molar-refractivity contribution in [2.24, 2.45) is 4.99 Å². The Morgan fingerprint density at radius 3 is 1.63 bits per heavy atom. The molecule has 0 aliphatic carbocycles. The molecule has 0 saturated heterocycles. The van der Waals surface area contributed by atoms with Gasteiger partial charge in [-0.2, -0.15) is 0 Å². The van der Waals surface area contributed by atoms with Gasteiger partial charge in [0.15, 0.2) is 0 Å². The van der Waals surface area contributed by atoms with Crippen molar-refractivity contribution in [1.82, 2.24) is 0 Å². The van der Waals surface area contributed by atoms with Crippen molar-refractivity contribution in [3.05, 3.63) is 109 Å². The van der Waals surface area contributed by atoms with Crippen LogP contribution in [0, 0.1) is 0 Å². The number of ether oxygens (including phenoxy) is 5. The number of nitrogens with zero attached hydrogens (tertiary/aromatic N) is 1. The fraction of sp³-hybridized carbons (Fsp3) is 0.188. The summed E-state index contributed by atoms with van der Waals surface area (Å²) in [6, 6.07) is 20.8. The standard InChI is InChI=1S/C32H31NO8/c1-3-30(34)39-21-5-19-37-27-13-7-24(8-14-27)23-33-26-11-17-29(18-12-26)41-32(36)25-9-15-28(16-10-25)38-20-6-22-40-31(35)4-2/h3-4,7-18,23H,1-2,5-6,19-22H2/b33-23+. The Hall–Kier alpha value is -5.18. The highest BCUT2D eigenvalue weighted by atomic mass is 16.5. The minimum atomic E-state index is -0.496. The van der Waals surface area contributed by atoms with E-state index < -0.39 is 17.9 Å². The monoisotopic (exact) mass is 557 g/mol. The Morgan fingerprint density at radius 2 is 1.12 bits per heavy atom. The van der Waals surface area contributed by atoms with Crippen molar-refractivity contribution < 1.29 is 38.1 Å². The lowest BCUT2D eigenvalue weighted by Crippen LogP contribution is -2.09. The van der Waals surface area contributed by atoms with Crippen molar-refractivity contribution in [2.75, 3.05) is 26.4 Å². The third kappa shape index (κ3) is 11.2. The second-order valence-corrected chi connectivity index (χ2v) is 8.38. The normalized spacial score (nSPS) is 10.4. The van der Waals surface area contributed by atoms with E-state index in [-0.39, 0.29) is 13.2 Å². The van der Waals surface area contributed by atoms with Crippen LogP contribution in [0.2, 0.25) is 0 Å². The van der Waals surface area contributed by atoms with Gasteiger partial charge in [-0.25, -0.2) is 14.4 Å². The second-order valence-electron chi connectivity index (χ2n) is 8.38. The maximum atomic E-state index is 12.5. The number of rotatable bonds is 16. The van der Waals surface area contributed by atoms with Gasteiger partial charge in [0.2, 0.25) is 0 Å². The van der Waals surface area contributed by atoms with Crippen molar-refractivity contribution in [3.63, 3.8) is 0 Å². The molecule has 0 N–H and O–H groups in total. The molecule has 0 unspecified atom stereocenters. The molecule has 0 aliphatic heterocycles. The SMILES string of the molecule is C=CC(=O)OCCCOc1ccc(/C=N/c2ccc(OC(=O)c3ccc(OCCCOC(=O)C=C)cc3)cc2)cc1. The zero-order valence-electron chi connectivity index (χ0n) is 22.5. The molecular weight excluding hydrogens is 526 g/mol. The number of carbonyl (C=O) groups excluding carboxylic acids is 3. The molecule has 3 aromatic carbocycles. The summed E-state index contributed by atoms with van der Waals surface area (Å²) in [4.78, 5) is 38.9. The molecule has 0 atom stereocenters. The molecule has 0 amide bonds. The maximum Gasteiger partial charge on any atom is 0.343 e. The Balaban J connectivity index is 1.40. The number of hydrogen-bond donors (Lipinski definition) is 0. The minimum absolute atomic E-state index is 0.238. The topological polar surface area (TPSA) is 110 Å².